The van der Waals surface area contributed by atoms with Gasteiger partial charge in [-0.05, 0) is 92.1 Å². The number of benzene rings is 6. The molecule has 0 aliphatic carbocycles. The number of ether oxygens (including phenoxy) is 9. The molecule has 1 heterocycles. The molecule has 1 saturated heterocycles. The van der Waals surface area contributed by atoms with E-state index in [0.29, 0.717) is 0 Å². The fourth-order valence-corrected chi connectivity index (χ4v) is 14.0. The molecule has 2 unspecified atom stereocenters. The molecule has 6 atom stereocenters. The Kier molecular flexibility index (Phi) is 40.6. The van der Waals surface area contributed by atoms with Gasteiger partial charge < -0.3 is 70.1 Å². The number of rotatable bonds is 34. The Morgan fingerprint density at radius 1 is 0.456 bits per heavy atom. The SMILES string of the molecule is CC(=O)OCC1O[C@@H](OCCCC(F)(F)C(F)(F)OC(F)(F)C(F)(F)S(=O)(=O)[O-])C(OC(C)=O)[C@@H](OC(C)=O)[C@@H]1OC(C)=O.N[C@@H](CCC(=O)O)C(=O)OCCCC(F)(F)C(F)(F)OC(F)(F)C(F)(F)S(=O)(=O)[O-].[Br-].[Na+].c1ccc([S+](c2ccccc2)c2ccccc2)cc1.c1ccc([S+](c2ccccc2)c2ccccc2)cc1. The van der Waals surface area contributed by atoms with E-state index in [1.807, 2.05) is 4.74 Å². The first-order valence-electron chi connectivity index (χ1n) is 32.0. The summed E-state index contributed by atoms with van der Waals surface area (Å²) in [7, 11) is -14.7. The second-order valence-corrected chi connectivity index (χ2v) is 29.9. The number of carboxylic acids is 1. The Morgan fingerprint density at radius 3 is 1.03 bits per heavy atom. The van der Waals surface area contributed by atoms with Gasteiger partial charge in [0.05, 0.1) is 35.0 Å². The third-order valence-corrected chi connectivity index (χ3v) is 20.5. The second kappa shape index (κ2) is 45.0. The van der Waals surface area contributed by atoms with Crippen molar-refractivity contribution in [2.24, 2.45) is 5.73 Å². The van der Waals surface area contributed by atoms with Gasteiger partial charge >= 0.3 is 112 Å². The van der Waals surface area contributed by atoms with Crippen molar-refractivity contribution in [2.75, 3.05) is 19.8 Å². The van der Waals surface area contributed by atoms with E-state index in [9.17, 15) is 125 Å². The van der Waals surface area contributed by atoms with Crippen molar-refractivity contribution in [3.8, 4) is 0 Å². The third kappa shape index (κ3) is 30.4. The molecule has 23 nitrogen and oxygen atoms in total. The molecule has 1 aliphatic heterocycles. The summed E-state index contributed by atoms with van der Waals surface area (Å²) in [5.41, 5.74) is 5.19. The van der Waals surface area contributed by atoms with E-state index in [4.69, 9.17) is 39.3 Å². The summed E-state index contributed by atoms with van der Waals surface area (Å²) < 4.78 is 313. The molecule has 0 amide bonds. The maximum atomic E-state index is 14.1. The van der Waals surface area contributed by atoms with Gasteiger partial charge in [0.25, 0.3) is 0 Å². The summed E-state index contributed by atoms with van der Waals surface area (Å²) in [4.78, 5) is 76.2. The molecule has 0 aromatic heterocycles. The molecule has 0 radical (unpaired) electrons. The van der Waals surface area contributed by atoms with Crippen molar-refractivity contribution < 1.29 is 219 Å². The summed E-state index contributed by atoms with van der Waals surface area (Å²) in [6.07, 6.45) is -43.0. The Balaban J connectivity index is 0.000000543. The monoisotopic (exact) mass is 1800 g/mol. The number of nitrogens with two attached hydrogens (primary N) is 1. The number of hydrogen-bond acceptors (Lipinski definition) is 22. The fraction of sp³-hybridized carbons (Fsp3) is 0.391. The van der Waals surface area contributed by atoms with E-state index < -0.39 is 198 Å². The van der Waals surface area contributed by atoms with Gasteiger partial charge in [0.2, 0.25) is 0 Å². The zero-order valence-electron chi connectivity index (χ0n) is 59.8. The van der Waals surface area contributed by atoms with Gasteiger partial charge in [-0.2, -0.15) is 70.2 Å². The van der Waals surface area contributed by atoms with Crippen LogP contribution in [0.4, 0.5) is 70.2 Å². The first kappa shape index (κ1) is 103. The van der Waals surface area contributed by atoms with Crippen LogP contribution in [0.15, 0.2) is 211 Å². The standard InChI is InChI=1S/C21H26F8O14S.2C18H15S.C12H15F8NO8S.BrH.Na/c1-9(30)38-8-13-14(39-10(2)31)15(40-11(3)32)16(41-12(4)33)17(42-13)37-7-5-6-18(22,23)19(24,25)43-20(26,27)21(28,29)44(34,35)36;2*1-4-10-16(11-5-1)19(17-12-6-2-7-13-17)18-14-8-3-9-15-18;13-9(14,4-1-5-28-8(24)6(21)2-3-7(22)23)10(15,16)29-11(17,18)12(19,20)30(25,26)27;;/h13-17H,5-8H2,1-4H3,(H,34,35,36);2*1-15H;6H,1-5,21H2,(H,22,23)(H,25,26,27);1H;/q;2*+1;;;+1/p-3/t13?,14-,15+,16?,17-;;;6-;;/m1..0../s1. The molecule has 1 fully saturated rings. The van der Waals surface area contributed by atoms with E-state index in [2.05, 4.69) is 191 Å². The molecular formula is C69H69BrF16NNaO22S4. The first-order chi connectivity index (χ1) is 51.8. The van der Waals surface area contributed by atoms with E-state index >= 15 is 0 Å². The quantitative estimate of drug-likeness (QED) is 0.00789. The normalized spacial score (nSPS) is 16.5. The van der Waals surface area contributed by atoms with Gasteiger partial charge in [0.15, 0.2) is 74.2 Å². The molecule has 6 aromatic carbocycles. The summed E-state index contributed by atoms with van der Waals surface area (Å²) >= 11 is 0. The minimum absolute atomic E-state index is 0. The molecule has 3 N–H and O–H groups in total. The molecule has 1 aliphatic rings. The van der Waals surface area contributed by atoms with Crippen molar-refractivity contribution in [3.63, 3.8) is 0 Å². The molecule has 45 heteroatoms. The fourth-order valence-electron chi connectivity index (χ4n) is 9.12. The van der Waals surface area contributed by atoms with Crippen molar-refractivity contribution in [1.82, 2.24) is 0 Å². The number of halogens is 17. The molecule has 0 bridgehead atoms. The number of esters is 5. The number of carbonyl (C=O) groups is 6. The molecule has 0 spiro atoms. The molecule has 114 heavy (non-hydrogen) atoms. The summed E-state index contributed by atoms with van der Waals surface area (Å²) in [6.45, 7) is 0.726. The van der Waals surface area contributed by atoms with Crippen LogP contribution in [0.2, 0.25) is 0 Å². The number of alkyl halides is 16. The van der Waals surface area contributed by atoms with Gasteiger partial charge in [-0.3, -0.25) is 28.8 Å². The van der Waals surface area contributed by atoms with Gasteiger partial charge in [-0.25, -0.2) is 26.3 Å². The van der Waals surface area contributed by atoms with Crippen molar-refractivity contribution in [3.05, 3.63) is 182 Å². The number of carboxylic acid groups (broad SMARTS) is 1. The maximum Gasteiger partial charge on any atom is 1.00 e. The summed E-state index contributed by atoms with van der Waals surface area (Å²) in [6, 6.07) is 62.8. The molecule has 6 aromatic rings. The van der Waals surface area contributed by atoms with Crippen LogP contribution in [-0.4, -0.2) is 170 Å². The first-order valence-corrected chi connectivity index (χ1v) is 37.3. The van der Waals surface area contributed by atoms with Crippen LogP contribution in [0.3, 0.4) is 0 Å². The van der Waals surface area contributed by atoms with Gasteiger partial charge in [0, 0.05) is 47.0 Å². The number of aliphatic carboxylic acids is 1. The van der Waals surface area contributed by atoms with Crippen molar-refractivity contribution in [1.29, 1.82) is 0 Å². The van der Waals surface area contributed by atoms with E-state index in [1.165, 1.54) is 29.4 Å². The predicted octanol–water partition coefficient (Wildman–Crippen LogP) is 6.89. The van der Waals surface area contributed by atoms with Crippen LogP contribution in [0.25, 0.3) is 0 Å². The van der Waals surface area contributed by atoms with Crippen LogP contribution < -0.4 is 52.3 Å². The Morgan fingerprint density at radius 2 is 0.746 bits per heavy atom. The topological polar surface area (TPSA) is 346 Å². The summed E-state index contributed by atoms with van der Waals surface area (Å²) in [5.74, 6) is -18.0. The second-order valence-electron chi connectivity index (χ2n) is 23.0. The van der Waals surface area contributed by atoms with Crippen LogP contribution in [0.1, 0.15) is 66.2 Å². The van der Waals surface area contributed by atoms with Crippen LogP contribution >= 0.6 is 0 Å². The predicted molar refractivity (Wildman–Crippen MR) is 356 cm³/mol. The zero-order valence-corrected chi connectivity index (χ0v) is 66.7. The molecule has 7 rings (SSSR count). The van der Waals surface area contributed by atoms with Gasteiger partial charge in [-0.1, -0.05) is 109 Å². The van der Waals surface area contributed by atoms with Crippen molar-refractivity contribution >= 4 is 77.8 Å². The third-order valence-electron chi connectivity index (χ3n) is 14.3. The van der Waals surface area contributed by atoms with Crippen LogP contribution in [0, 0.1) is 0 Å². The molecule has 0 saturated carbocycles. The molecular weight excluding hydrogens is 1730 g/mol. The smallest absolute Gasteiger partial charge is 1.00 e. The van der Waals surface area contributed by atoms with Gasteiger partial charge in [-0.15, -0.1) is 0 Å². The average molecular weight is 1800 g/mol. The van der Waals surface area contributed by atoms with E-state index in [1.54, 1.807) is 0 Å². The number of hydrogen-bond donors (Lipinski definition) is 2. The van der Waals surface area contributed by atoms with Crippen molar-refractivity contribution in [2.45, 2.75) is 179 Å². The largest absolute Gasteiger partial charge is 1.00 e. The molecule has 626 valence electrons. The van der Waals surface area contributed by atoms with Gasteiger partial charge in [0.1, 0.15) is 18.8 Å². The minimum atomic E-state index is -7.35. The number of carbonyl (C=O) groups excluding carboxylic acids is 5. The Labute approximate surface area is 679 Å². The van der Waals surface area contributed by atoms with E-state index in [0.717, 1.165) is 27.7 Å². The maximum absolute atomic E-state index is 14.1. The Hall–Kier alpha value is -7.18. The zero-order chi connectivity index (χ0) is 84.5. The van der Waals surface area contributed by atoms with Crippen LogP contribution in [0.5, 0.6) is 0 Å². The Bertz CT molecular complexity index is 3930. The minimum Gasteiger partial charge on any atom is -1.00 e. The van der Waals surface area contributed by atoms with Crippen LogP contribution in [-0.2, 0) is 113 Å². The summed E-state index contributed by atoms with van der Waals surface area (Å²) in [5, 5.41) is -5.28. The van der Waals surface area contributed by atoms with E-state index in [-0.39, 0.29) is 68.3 Å². The average Bonchev–Trinajstić information content (AvgIpc) is 0.762.